The summed E-state index contributed by atoms with van der Waals surface area (Å²) in [6.45, 7) is 1.97. The summed E-state index contributed by atoms with van der Waals surface area (Å²) in [4.78, 5) is 31.0. The molecule has 0 fully saturated rings. The lowest BCUT2D eigenvalue weighted by atomic mass is 10.1. The summed E-state index contributed by atoms with van der Waals surface area (Å²) in [5, 5.41) is 6.29. The van der Waals surface area contributed by atoms with Crippen LogP contribution in [0.2, 0.25) is 0 Å². The van der Waals surface area contributed by atoms with Gasteiger partial charge < -0.3 is 14.8 Å². The second kappa shape index (κ2) is 8.77. The number of carbonyl (C=O) groups is 2. The molecule has 0 bridgehead atoms. The topological polar surface area (TPSA) is 89.5 Å². The molecule has 2 aromatic carbocycles. The fourth-order valence-electron chi connectivity index (χ4n) is 3.57. The van der Waals surface area contributed by atoms with E-state index in [2.05, 4.69) is 15.6 Å². The molecule has 1 aromatic heterocycles. The zero-order chi connectivity index (χ0) is 22.0. The Kier molecular flexibility index (Phi) is 5.90. The summed E-state index contributed by atoms with van der Waals surface area (Å²) >= 11 is 1.42. The average Bonchev–Trinajstić information content (AvgIpc) is 3.35. The Hall–Kier alpha value is -3.39. The first-order chi connectivity index (χ1) is 15.0. The number of hydrogen-bond acceptors (Lipinski definition) is 6. The van der Waals surface area contributed by atoms with Gasteiger partial charge in [-0.2, -0.15) is 0 Å². The molecule has 1 heterocycles. The summed E-state index contributed by atoms with van der Waals surface area (Å²) in [6.07, 6.45) is 1.45. The van der Waals surface area contributed by atoms with Crippen molar-refractivity contribution in [1.82, 2.24) is 4.98 Å². The van der Waals surface area contributed by atoms with E-state index in [1.165, 1.54) is 11.3 Å². The van der Waals surface area contributed by atoms with Crippen LogP contribution in [0.4, 0.5) is 10.8 Å². The van der Waals surface area contributed by atoms with E-state index in [1.807, 2.05) is 25.1 Å². The number of aromatic nitrogens is 1. The Bertz CT molecular complexity index is 1120. The van der Waals surface area contributed by atoms with E-state index in [9.17, 15) is 9.59 Å². The van der Waals surface area contributed by atoms with E-state index in [1.54, 1.807) is 38.5 Å². The largest absolute Gasteiger partial charge is 0.497 e. The fourth-order valence-corrected chi connectivity index (χ4v) is 4.60. The molecule has 160 valence electrons. The first-order valence-corrected chi connectivity index (χ1v) is 10.7. The molecule has 1 aliphatic carbocycles. The minimum Gasteiger partial charge on any atom is -0.497 e. The zero-order valence-electron chi connectivity index (χ0n) is 17.5. The van der Waals surface area contributed by atoms with Gasteiger partial charge in [0.25, 0.3) is 5.91 Å². The molecule has 2 amide bonds. The lowest BCUT2D eigenvalue weighted by molar-refractivity contribution is -0.117. The van der Waals surface area contributed by atoms with Gasteiger partial charge in [0.05, 0.1) is 31.5 Å². The molecule has 8 heteroatoms. The summed E-state index contributed by atoms with van der Waals surface area (Å²) < 4.78 is 10.5. The minimum absolute atomic E-state index is 0.126. The predicted molar refractivity (Wildman–Crippen MR) is 120 cm³/mol. The van der Waals surface area contributed by atoms with Gasteiger partial charge in [0.1, 0.15) is 11.5 Å². The van der Waals surface area contributed by atoms with Crippen molar-refractivity contribution in [1.29, 1.82) is 0 Å². The average molecular weight is 438 g/mol. The van der Waals surface area contributed by atoms with Crippen LogP contribution >= 0.6 is 11.3 Å². The van der Waals surface area contributed by atoms with Crippen LogP contribution in [0.1, 0.15) is 38.8 Å². The highest BCUT2D eigenvalue weighted by Gasteiger charge is 2.33. The number of benzene rings is 2. The van der Waals surface area contributed by atoms with Crippen molar-refractivity contribution in [3.8, 4) is 11.5 Å². The lowest BCUT2D eigenvalue weighted by Gasteiger charge is -2.14. The number of rotatable bonds is 6. The SMILES string of the molecule is COc1ccc(C(=O)Nc2nc3c(s2)CCC3C(=O)Nc2ccc(C)cc2OC)cc1. The van der Waals surface area contributed by atoms with Crippen LogP contribution in [0, 0.1) is 6.92 Å². The number of anilines is 2. The molecule has 3 aromatic rings. The Balaban J connectivity index is 1.46. The number of nitrogens with one attached hydrogen (secondary N) is 2. The van der Waals surface area contributed by atoms with E-state index in [0.717, 1.165) is 22.6 Å². The van der Waals surface area contributed by atoms with Crippen LogP contribution in [0.5, 0.6) is 11.5 Å². The first-order valence-electron chi connectivity index (χ1n) is 9.89. The number of amides is 2. The Morgan fingerprint density at radius 2 is 1.84 bits per heavy atom. The lowest BCUT2D eigenvalue weighted by Crippen LogP contribution is -2.20. The number of thiazole rings is 1. The molecule has 31 heavy (non-hydrogen) atoms. The molecule has 0 spiro atoms. The first kappa shape index (κ1) is 20.9. The van der Waals surface area contributed by atoms with Crippen molar-refractivity contribution < 1.29 is 19.1 Å². The quantitative estimate of drug-likeness (QED) is 0.597. The molecular weight excluding hydrogens is 414 g/mol. The Morgan fingerprint density at radius 3 is 2.55 bits per heavy atom. The Morgan fingerprint density at radius 1 is 1.06 bits per heavy atom. The highest BCUT2D eigenvalue weighted by molar-refractivity contribution is 7.16. The fraction of sp³-hybridized carbons (Fsp3) is 0.261. The maximum absolute atomic E-state index is 12.9. The number of nitrogens with zero attached hydrogens (tertiary/aromatic N) is 1. The molecule has 0 radical (unpaired) electrons. The highest BCUT2D eigenvalue weighted by atomic mass is 32.1. The van der Waals surface area contributed by atoms with E-state index >= 15 is 0 Å². The number of ether oxygens (including phenoxy) is 2. The van der Waals surface area contributed by atoms with Crippen molar-refractivity contribution in [2.24, 2.45) is 0 Å². The van der Waals surface area contributed by atoms with Gasteiger partial charge in [-0.3, -0.25) is 14.9 Å². The van der Waals surface area contributed by atoms with Crippen LogP contribution in [0.15, 0.2) is 42.5 Å². The zero-order valence-corrected chi connectivity index (χ0v) is 18.3. The molecule has 0 saturated heterocycles. The van der Waals surface area contributed by atoms with Crippen LogP contribution in [0.3, 0.4) is 0 Å². The second-order valence-electron chi connectivity index (χ2n) is 7.29. The molecule has 7 nitrogen and oxygen atoms in total. The Labute approximate surface area is 184 Å². The van der Waals surface area contributed by atoms with Crippen LogP contribution < -0.4 is 20.1 Å². The van der Waals surface area contributed by atoms with Crippen molar-refractivity contribution in [2.45, 2.75) is 25.7 Å². The van der Waals surface area contributed by atoms with Crippen LogP contribution in [-0.4, -0.2) is 31.0 Å². The molecule has 0 saturated carbocycles. The molecule has 4 rings (SSSR count). The standard InChI is InChI=1S/C23H23N3O4S/c1-13-4-10-17(18(12-13)30-3)24-22(28)16-9-11-19-20(16)25-23(31-19)26-21(27)14-5-7-15(29-2)8-6-14/h4-8,10,12,16H,9,11H2,1-3H3,(H,24,28)(H,25,26,27). The number of fused-ring (bicyclic) bond motifs is 1. The summed E-state index contributed by atoms with van der Waals surface area (Å²) in [7, 11) is 3.16. The van der Waals surface area contributed by atoms with Crippen molar-refractivity contribution >= 4 is 34.0 Å². The molecule has 2 N–H and O–H groups in total. The smallest absolute Gasteiger partial charge is 0.257 e. The summed E-state index contributed by atoms with van der Waals surface area (Å²) in [5.74, 6) is 0.574. The van der Waals surface area contributed by atoms with Gasteiger partial charge >= 0.3 is 0 Å². The van der Waals surface area contributed by atoms with Gasteiger partial charge in [0.15, 0.2) is 5.13 Å². The maximum atomic E-state index is 12.9. The van der Waals surface area contributed by atoms with Crippen molar-refractivity contribution in [2.75, 3.05) is 24.9 Å². The number of carbonyl (C=O) groups excluding carboxylic acids is 2. The molecule has 1 unspecified atom stereocenters. The summed E-state index contributed by atoms with van der Waals surface area (Å²) in [5.41, 5.74) is 2.93. The van der Waals surface area contributed by atoms with Gasteiger partial charge in [-0.15, -0.1) is 11.3 Å². The monoisotopic (exact) mass is 437 g/mol. The highest BCUT2D eigenvalue weighted by Crippen LogP contribution is 2.39. The van der Waals surface area contributed by atoms with Crippen molar-refractivity contribution in [3.63, 3.8) is 0 Å². The predicted octanol–water partition coefficient (Wildman–Crippen LogP) is 4.39. The normalized spacial score (nSPS) is 14.6. The van der Waals surface area contributed by atoms with Gasteiger partial charge in [0, 0.05) is 10.4 Å². The molecular formula is C23H23N3O4S. The van der Waals surface area contributed by atoms with Crippen molar-refractivity contribution in [3.05, 3.63) is 64.2 Å². The number of hydrogen-bond donors (Lipinski definition) is 2. The third-order valence-electron chi connectivity index (χ3n) is 5.22. The van der Waals surface area contributed by atoms with E-state index in [0.29, 0.717) is 34.3 Å². The number of aryl methyl sites for hydroxylation is 2. The minimum atomic E-state index is -0.358. The molecule has 0 aliphatic heterocycles. The van der Waals surface area contributed by atoms with E-state index < -0.39 is 0 Å². The third-order valence-corrected chi connectivity index (χ3v) is 6.27. The van der Waals surface area contributed by atoms with Crippen LogP contribution in [-0.2, 0) is 11.2 Å². The van der Waals surface area contributed by atoms with Gasteiger partial charge in [-0.25, -0.2) is 4.98 Å². The molecule has 1 atom stereocenters. The number of methoxy groups -OCH3 is 2. The summed E-state index contributed by atoms with van der Waals surface area (Å²) in [6, 6.07) is 12.5. The van der Waals surface area contributed by atoms with Gasteiger partial charge in [-0.05, 0) is 61.7 Å². The van der Waals surface area contributed by atoms with E-state index in [4.69, 9.17) is 9.47 Å². The second-order valence-corrected chi connectivity index (χ2v) is 8.38. The van der Waals surface area contributed by atoms with E-state index in [-0.39, 0.29) is 17.7 Å². The molecule has 1 aliphatic rings. The third kappa shape index (κ3) is 4.39. The van der Waals surface area contributed by atoms with Crippen LogP contribution in [0.25, 0.3) is 0 Å². The van der Waals surface area contributed by atoms with Gasteiger partial charge in [-0.1, -0.05) is 6.07 Å². The van der Waals surface area contributed by atoms with Gasteiger partial charge in [0.2, 0.25) is 5.91 Å². The maximum Gasteiger partial charge on any atom is 0.257 e.